The summed E-state index contributed by atoms with van der Waals surface area (Å²) < 4.78 is 10.9. The second kappa shape index (κ2) is 4.86. The SMILES string of the molecule is COC(=O)C(C)(C)n1cc(OCC(=O)O)cn1. The highest BCUT2D eigenvalue weighted by atomic mass is 16.5. The Bertz CT molecular complexity index is 424. The fraction of sp³-hybridized carbons (Fsp3) is 0.500. The Hall–Kier alpha value is -2.05. The summed E-state index contributed by atoms with van der Waals surface area (Å²) in [6.07, 6.45) is 2.79. The molecule has 0 unspecified atom stereocenters. The van der Waals surface area contributed by atoms with Crippen molar-refractivity contribution < 1.29 is 24.2 Å². The third-order valence-corrected chi connectivity index (χ3v) is 2.18. The van der Waals surface area contributed by atoms with Gasteiger partial charge in [-0.25, -0.2) is 9.59 Å². The van der Waals surface area contributed by atoms with Crippen LogP contribution in [0.5, 0.6) is 5.75 Å². The number of aromatic nitrogens is 2. The molecule has 0 saturated carbocycles. The number of methoxy groups -OCH3 is 1. The Balaban J connectivity index is 2.80. The summed E-state index contributed by atoms with van der Waals surface area (Å²) in [6, 6.07) is 0. The van der Waals surface area contributed by atoms with E-state index >= 15 is 0 Å². The summed E-state index contributed by atoms with van der Waals surface area (Å²) in [4.78, 5) is 21.8. The molecule has 0 aliphatic rings. The second-order valence-electron chi connectivity index (χ2n) is 3.85. The minimum absolute atomic E-state index is 0.282. The van der Waals surface area contributed by atoms with Crippen LogP contribution >= 0.6 is 0 Å². The molecule has 0 fully saturated rings. The van der Waals surface area contributed by atoms with Gasteiger partial charge >= 0.3 is 11.9 Å². The van der Waals surface area contributed by atoms with Crippen LogP contribution < -0.4 is 4.74 Å². The molecule has 0 amide bonds. The molecule has 0 radical (unpaired) electrons. The largest absolute Gasteiger partial charge is 0.479 e. The van der Waals surface area contributed by atoms with Crippen molar-refractivity contribution in [3.8, 4) is 5.75 Å². The smallest absolute Gasteiger partial charge is 0.341 e. The summed E-state index contributed by atoms with van der Waals surface area (Å²) in [6.45, 7) is 2.81. The molecule has 0 aliphatic heterocycles. The number of hydrogen-bond donors (Lipinski definition) is 1. The summed E-state index contributed by atoms with van der Waals surface area (Å²) in [5, 5.41) is 12.4. The first-order valence-electron chi connectivity index (χ1n) is 4.86. The molecule has 0 saturated heterocycles. The number of nitrogens with zero attached hydrogens (tertiary/aromatic N) is 2. The van der Waals surface area contributed by atoms with Crippen molar-refractivity contribution in [2.45, 2.75) is 19.4 Å². The topological polar surface area (TPSA) is 90.7 Å². The molecule has 0 atom stereocenters. The molecule has 0 spiro atoms. The summed E-state index contributed by atoms with van der Waals surface area (Å²) >= 11 is 0. The van der Waals surface area contributed by atoms with Crippen LogP contribution in [0, 0.1) is 0 Å². The lowest BCUT2D eigenvalue weighted by Gasteiger charge is -2.21. The molecule has 17 heavy (non-hydrogen) atoms. The third kappa shape index (κ3) is 2.96. The van der Waals surface area contributed by atoms with E-state index in [4.69, 9.17) is 9.84 Å². The predicted octanol–water partition coefficient (Wildman–Crippen LogP) is 0.255. The monoisotopic (exact) mass is 242 g/mol. The van der Waals surface area contributed by atoms with Crippen molar-refractivity contribution in [3.05, 3.63) is 12.4 Å². The van der Waals surface area contributed by atoms with E-state index in [1.54, 1.807) is 13.8 Å². The van der Waals surface area contributed by atoms with Crippen LogP contribution in [-0.4, -0.2) is 40.5 Å². The quantitative estimate of drug-likeness (QED) is 0.744. The fourth-order valence-corrected chi connectivity index (χ4v) is 1.17. The average molecular weight is 242 g/mol. The molecule has 7 nitrogen and oxygen atoms in total. The number of carbonyl (C=O) groups is 2. The highest BCUT2D eigenvalue weighted by Crippen LogP contribution is 2.19. The zero-order valence-electron chi connectivity index (χ0n) is 9.84. The van der Waals surface area contributed by atoms with Gasteiger partial charge in [0.1, 0.15) is 0 Å². The molecule has 1 aromatic rings. The number of aliphatic carboxylic acids is 1. The summed E-state index contributed by atoms with van der Waals surface area (Å²) in [7, 11) is 1.29. The van der Waals surface area contributed by atoms with Crippen LogP contribution in [0.2, 0.25) is 0 Å². The lowest BCUT2D eigenvalue weighted by molar-refractivity contribution is -0.150. The van der Waals surface area contributed by atoms with Gasteiger partial charge in [-0.3, -0.25) is 4.68 Å². The number of carboxylic acid groups (broad SMARTS) is 1. The van der Waals surface area contributed by atoms with E-state index < -0.39 is 24.1 Å². The normalized spacial score (nSPS) is 11.0. The highest BCUT2D eigenvalue weighted by molar-refractivity contribution is 5.77. The molecular formula is C10H14N2O5. The van der Waals surface area contributed by atoms with E-state index in [0.29, 0.717) is 0 Å². The fourth-order valence-electron chi connectivity index (χ4n) is 1.17. The number of carboxylic acids is 1. The van der Waals surface area contributed by atoms with Gasteiger partial charge in [0.15, 0.2) is 17.9 Å². The Morgan fingerprint density at radius 3 is 2.71 bits per heavy atom. The van der Waals surface area contributed by atoms with E-state index in [0.717, 1.165) is 0 Å². The standard InChI is InChI=1S/C10H14N2O5/c1-10(2,9(15)16-3)12-5-7(4-11-12)17-6-8(13)14/h4-5H,6H2,1-3H3,(H,13,14). The van der Waals surface area contributed by atoms with Gasteiger partial charge in [0, 0.05) is 0 Å². The molecule has 1 N–H and O–H groups in total. The van der Waals surface area contributed by atoms with Gasteiger partial charge < -0.3 is 14.6 Å². The molecule has 1 heterocycles. The third-order valence-electron chi connectivity index (χ3n) is 2.18. The maximum atomic E-state index is 11.5. The number of esters is 1. The van der Waals surface area contributed by atoms with Gasteiger partial charge in [-0.05, 0) is 13.8 Å². The van der Waals surface area contributed by atoms with Crippen molar-refractivity contribution in [2.24, 2.45) is 0 Å². The van der Waals surface area contributed by atoms with Crippen molar-refractivity contribution in [3.63, 3.8) is 0 Å². The van der Waals surface area contributed by atoms with Crippen LogP contribution in [0.15, 0.2) is 12.4 Å². The molecule has 0 bridgehead atoms. The van der Waals surface area contributed by atoms with Gasteiger partial charge in [-0.2, -0.15) is 5.10 Å². The van der Waals surface area contributed by atoms with Crippen LogP contribution in [0.25, 0.3) is 0 Å². The van der Waals surface area contributed by atoms with Crippen LogP contribution in [0.3, 0.4) is 0 Å². The van der Waals surface area contributed by atoms with Crippen molar-refractivity contribution >= 4 is 11.9 Å². The van der Waals surface area contributed by atoms with E-state index in [-0.39, 0.29) is 5.75 Å². The first-order valence-corrected chi connectivity index (χ1v) is 4.86. The zero-order chi connectivity index (χ0) is 13.1. The molecule has 1 rings (SSSR count). The zero-order valence-corrected chi connectivity index (χ0v) is 9.84. The van der Waals surface area contributed by atoms with E-state index in [9.17, 15) is 9.59 Å². The van der Waals surface area contributed by atoms with Gasteiger partial charge in [-0.15, -0.1) is 0 Å². The Kier molecular flexibility index (Phi) is 3.72. The van der Waals surface area contributed by atoms with Crippen LogP contribution in [0.1, 0.15) is 13.8 Å². The average Bonchev–Trinajstić information content (AvgIpc) is 2.74. The lowest BCUT2D eigenvalue weighted by Crippen LogP contribution is -2.37. The summed E-state index contributed by atoms with van der Waals surface area (Å²) in [5.74, 6) is -1.25. The number of ether oxygens (including phenoxy) is 2. The minimum Gasteiger partial charge on any atom is -0.479 e. The van der Waals surface area contributed by atoms with Crippen molar-refractivity contribution in [2.75, 3.05) is 13.7 Å². The van der Waals surface area contributed by atoms with E-state index in [2.05, 4.69) is 9.84 Å². The number of carbonyl (C=O) groups excluding carboxylic acids is 1. The predicted molar refractivity (Wildman–Crippen MR) is 56.7 cm³/mol. The lowest BCUT2D eigenvalue weighted by atomic mass is 10.1. The molecule has 7 heteroatoms. The maximum absolute atomic E-state index is 11.5. The Labute approximate surface area is 97.9 Å². The van der Waals surface area contributed by atoms with Crippen LogP contribution in [0.4, 0.5) is 0 Å². The molecule has 1 aromatic heterocycles. The first kappa shape index (κ1) is 13.0. The van der Waals surface area contributed by atoms with Crippen LogP contribution in [-0.2, 0) is 19.9 Å². The van der Waals surface area contributed by atoms with Gasteiger partial charge in [0.25, 0.3) is 0 Å². The highest BCUT2D eigenvalue weighted by Gasteiger charge is 2.31. The maximum Gasteiger partial charge on any atom is 0.341 e. The number of rotatable bonds is 5. The van der Waals surface area contributed by atoms with Crippen molar-refractivity contribution in [1.29, 1.82) is 0 Å². The summed E-state index contributed by atoms with van der Waals surface area (Å²) in [5.41, 5.74) is -0.973. The molecule has 94 valence electrons. The minimum atomic E-state index is -1.08. The van der Waals surface area contributed by atoms with Gasteiger partial charge in [-0.1, -0.05) is 0 Å². The number of hydrogen-bond acceptors (Lipinski definition) is 5. The first-order chi connectivity index (χ1) is 7.87. The molecule has 0 aliphatic carbocycles. The van der Waals surface area contributed by atoms with Gasteiger partial charge in [0.2, 0.25) is 0 Å². The van der Waals surface area contributed by atoms with E-state index in [1.165, 1.54) is 24.2 Å². The Morgan fingerprint density at radius 1 is 1.53 bits per heavy atom. The van der Waals surface area contributed by atoms with E-state index in [1.807, 2.05) is 0 Å². The van der Waals surface area contributed by atoms with Gasteiger partial charge in [0.05, 0.1) is 19.5 Å². The molecular weight excluding hydrogens is 228 g/mol. The molecule has 0 aromatic carbocycles. The Morgan fingerprint density at radius 2 is 2.18 bits per heavy atom. The van der Waals surface area contributed by atoms with Crippen molar-refractivity contribution in [1.82, 2.24) is 9.78 Å². The second-order valence-corrected chi connectivity index (χ2v) is 3.85.